The maximum atomic E-state index is 11.5. The second kappa shape index (κ2) is 6.49. The molecular formula is C17H16N4O3. The van der Waals surface area contributed by atoms with E-state index in [0.29, 0.717) is 23.6 Å². The monoisotopic (exact) mass is 324 g/mol. The van der Waals surface area contributed by atoms with Gasteiger partial charge in [0.05, 0.1) is 4.92 Å². The molecular weight excluding hydrogens is 308 g/mol. The molecule has 122 valence electrons. The maximum absolute atomic E-state index is 11.5. The van der Waals surface area contributed by atoms with E-state index in [9.17, 15) is 10.1 Å². The van der Waals surface area contributed by atoms with Gasteiger partial charge in [0.15, 0.2) is 5.82 Å². The van der Waals surface area contributed by atoms with Crippen molar-refractivity contribution in [2.24, 2.45) is 0 Å². The molecule has 3 rings (SSSR count). The summed E-state index contributed by atoms with van der Waals surface area (Å²) in [6.07, 6.45) is 0. The van der Waals surface area contributed by atoms with Gasteiger partial charge < -0.3 is 9.42 Å². The van der Waals surface area contributed by atoms with Gasteiger partial charge in [0.2, 0.25) is 0 Å². The quantitative estimate of drug-likeness (QED) is 0.526. The first-order valence-electron chi connectivity index (χ1n) is 7.39. The molecule has 7 nitrogen and oxygen atoms in total. The molecule has 0 bridgehead atoms. The van der Waals surface area contributed by atoms with Gasteiger partial charge in [0.25, 0.3) is 11.6 Å². The molecule has 0 aliphatic heterocycles. The molecule has 0 amide bonds. The Bertz CT molecular complexity index is 861. The summed E-state index contributed by atoms with van der Waals surface area (Å²) in [7, 11) is 1.83. The van der Waals surface area contributed by atoms with Crippen molar-refractivity contribution < 1.29 is 9.45 Å². The number of aromatic nitrogens is 2. The van der Waals surface area contributed by atoms with E-state index in [1.807, 2.05) is 42.3 Å². The average molecular weight is 324 g/mol. The lowest BCUT2D eigenvalue weighted by molar-refractivity contribution is -0.384. The van der Waals surface area contributed by atoms with E-state index in [-0.39, 0.29) is 11.6 Å². The molecule has 24 heavy (non-hydrogen) atoms. The number of benzene rings is 2. The largest absolute Gasteiger partial charge is 0.365 e. The van der Waals surface area contributed by atoms with Gasteiger partial charge in [-0.25, -0.2) is 0 Å². The van der Waals surface area contributed by atoms with Gasteiger partial charge in [-0.2, -0.15) is 4.98 Å². The third-order valence-electron chi connectivity index (χ3n) is 3.62. The van der Waals surface area contributed by atoms with E-state index >= 15 is 0 Å². The number of hydrogen-bond acceptors (Lipinski definition) is 6. The Kier molecular flexibility index (Phi) is 4.24. The number of nitrogens with zero attached hydrogens (tertiary/aromatic N) is 4. The highest BCUT2D eigenvalue weighted by Crippen LogP contribution is 2.32. The summed E-state index contributed by atoms with van der Waals surface area (Å²) >= 11 is 0. The molecule has 0 saturated heterocycles. The van der Waals surface area contributed by atoms with Gasteiger partial charge in [-0.05, 0) is 24.6 Å². The van der Waals surface area contributed by atoms with Crippen LogP contribution in [0.1, 0.15) is 11.4 Å². The second-order valence-electron chi connectivity index (χ2n) is 5.45. The van der Waals surface area contributed by atoms with Crippen molar-refractivity contribution >= 4 is 11.4 Å². The molecule has 0 atom stereocenters. The third-order valence-corrected chi connectivity index (χ3v) is 3.62. The predicted octanol–water partition coefficient (Wildman–Crippen LogP) is 3.59. The predicted molar refractivity (Wildman–Crippen MR) is 89.7 cm³/mol. The van der Waals surface area contributed by atoms with Crippen molar-refractivity contribution in [3.8, 4) is 11.5 Å². The van der Waals surface area contributed by atoms with E-state index < -0.39 is 4.92 Å². The van der Waals surface area contributed by atoms with Crippen molar-refractivity contribution in [1.82, 2.24) is 10.1 Å². The number of aryl methyl sites for hydroxylation is 1. The first-order valence-corrected chi connectivity index (χ1v) is 7.39. The van der Waals surface area contributed by atoms with Crippen LogP contribution in [0.15, 0.2) is 53.1 Å². The summed E-state index contributed by atoms with van der Waals surface area (Å²) in [5.41, 5.74) is 2.13. The van der Waals surface area contributed by atoms with Crippen LogP contribution in [0.3, 0.4) is 0 Å². The minimum Gasteiger partial charge on any atom is -0.365 e. The summed E-state index contributed by atoms with van der Waals surface area (Å²) in [4.78, 5) is 17.0. The van der Waals surface area contributed by atoms with Crippen LogP contribution in [0.2, 0.25) is 0 Å². The zero-order valence-corrected chi connectivity index (χ0v) is 13.3. The zero-order valence-electron chi connectivity index (χ0n) is 13.3. The Balaban J connectivity index is 1.94. The van der Waals surface area contributed by atoms with Crippen molar-refractivity contribution in [3.63, 3.8) is 0 Å². The van der Waals surface area contributed by atoms with Gasteiger partial charge in [0.1, 0.15) is 5.69 Å². The highest BCUT2D eigenvalue weighted by molar-refractivity contribution is 5.70. The number of nitro benzene ring substituents is 1. The van der Waals surface area contributed by atoms with Crippen molar-refractivity contribution in [3.05, 3.63) is 70.0 Å². The Morgan fingerprint density at radius 3 is 2.58 bits per heavy atom. The van der Waals surface area contributed by atoms with Crippen LogP contribution in [0.4, 0.5) is 11.4 Å². The summed E-state index contributed by atoms with van der Waals surface area (Å²) in [6, 6.07) is 14.7. The molecule has 1 aromatic heterocycles. The van der Waals surface area contributed by atoms with Crippen LogP contribution in [0.25, 0.3) is 11.5 Å². The molecule has 0 radical (unpaired) electrons. The van der Waals surface area contributed by atoms with Gasteiger partial charge in [-0.15, -0.1) is 0 Å². The standard InChI is InChI=1S/C17H16N4O3/c1-12-18-17(24-19-12)14-8-9-15(16(10-14)21(22)23)20(2)11-13-6-4-3-5-7-13/h3-10H,11H2,1-2H3. The van der Waals surface area contributed by atoms with Gasteiger partial charge in [-0.3, -0.25) is 10.1 Å². The number of rotatable bonds is 5. The van der Waals surface area contributed by atoms with Gasteiger partial charge in [-0.1, -0.05) is 35.5 Å². The highest BCUT2D eigenvalue weighted by Gasteiger charge is 2.20. The molecule has 0 N–H and O–H groups in total. The minimum atomic E-state index is -0.399. The van der Waals surface area contributed by atoms with Crippen LogP contribution in [-0.2, 0) is 6.54 Å². The highest BCUT2D eigenvalue weighted by atomic mass is 16.6. The average Bonchev–Trinajstić information content (AvgIpc) is 3.01. The molecule has 3 aromatic rings. The lowest BCUT2D eigenvalue weighted by Gasteiger charge is -2.19. The molecule has 0 aliphatic rings. The Labute approximate surface area is 138 Å². The summed E-state index contributed by atoms with van der Waals surface area (Å²) < 4.78 is 5.08. The van der Waals surface area contributed by atoms with E-state index in [4.69, 9.17) is 4.52 Å². The topological polar surface area (TPSA) is 85.3 Å². The Hall–Kier alpha value is -3.22. The van der Waals surface area contributed by atoms with Crippen molar-refractivity contribution in [2.75, 3.05) is 11.9 Å². The molecule has 0 unspecified atom stereocenters. The summed E-state index contributed by atoms with van der Waals surface area (Å²) in [6.45, 7) is 2.27. The third kappa shape index (κ3) is 3.24. The molecule has 1 heterocycles. The van der Waals surface area contributed by atoms with Crippen LogP contribution in [0, 0.1) is 17.0 Å². The number of nitro groups is 1. The van der Waals surface area contributed by atoms with Crippen molar-refractivity contribution in [2.45, 2.75) is 13.5 Å². The van der Waals surface area contributed by atoms with Gasteiger partial charge >= 0.3 is 0 Å². The molecule has 0 fully saturated rings. The van der Waals surface area contributed by atoms with Crippen LogP contribution in [-0.4, -0.2) is 22.1 Å². The van der Waals surface area contributed by atoms with Crippen LogP contribution < -0.4 is 4.90 Å². The van der Waals surface area contributed by atoms with Gasteiger partial charge in [0, 0.05) is 25.2 Å². The van der Waals surface area contributed by atoms with E-state index in [1.54, 1.807) is 19.1 Å². The fourth-order valence-electron chi connectivity index (χ4n) is 2.48. The second-order valence-corrected chi connectivity index (χ2v) is 5.45. The molecule has 0 aliphatic carbocycles. The van der Waals surface area contributed by atoms with Crippen molar-refractivity contribution in [1.29, 1.82) is 0 Å². The molecule has 7 heteroatoms. The Morgan fingerprint density at radius 2 is 1.96 bits per heavy atom. The zero-order chi connectivity index (χ0) is 17.1. The minimum absolute atomic E-state index is 0.00165. The van der Waals surface area contributed by atoms with E-state index in [2.05, 4.69) is 10.1 Å². The summed E-state index contributed by atoms with van der Waals surface area (Å²) in [5.74, 6) is 0.755. The van der Waals surface area contributed by atoms with E-state index in [0.717, 1.165) is 5.56 Å². The molecule has 2 aromatic carbocycles. The van der Waals surface area contributed by atoms with Crippen LogP contribution in [0.5, 0.6) is 0 Å². The summed E-state index contributed by atoms with van der Waals surface area (Å²) in [5, 5.41) is 15.2. The number of hydrogen-bond donors (Lipinski definition) is 0. The van der Waals surface area contributed by atoms with Crippen LogP contribution >= 0.6 is 0 Å². The first-order chi connectivity index (χ1) is 11.5. The lowest BCUT2D eigenvalue weighted by Crippen LogP contribution is -2.17. The fourth-order valence-corrected chi connectivity index (χ4v) is 2.48. The normalized spacial score (nSPS) is 10.6. The SMILES string of the molecule is Cc1noc(-c2ccc(N(C)Cc3ccccc3)c([N+](=O)[O-])c2)n1. The van der Waals surface area contributed by atoms with E-state index in [1.165, 1.54) is 6.07 Å². The lowest BCUT2D eigenvalue weighted by atomic mass is 10.1. The number of anilines is 1. The Morgan fingerprint density at radius 1 is 1.21 bits per heavy atom. The molecule has 0 saturated carbocycles. The maximum Gasteiger partial charge on any atom is 0.293 e. The first kappa shape index (κ1) is 15.7. The smallest absolute Gasteiger partial charge is 0.293 e. The fraction of sp³-hybridized carbons (Fsp3) is 0.176. The molecule has 0 spiro atoms.